The highest BCUT2D eigenvalue weighted by Crippen LogP contribution is 2.37. The van der Waals surface area contributed by atoms with Gasteiger partial charge in [-0.25, -0.2) is 4.98 Å². The van der Waals surface area contributed by atoms with Crippen LogP contribution in [0.4, 0.5) is 5.00 Å². The maximum atomic E-state index is 13.5. The minimum Gasteiger partial charge on any atom is -0.366 e. The molecule has 0 fully saturated rings. The topological polar surface area (TPSA) is 107 Å². The first-order valence-corrected chi connectivity index (χ1v) is 13.8. The van der Waals surface area contributed by atoms with E-state index in [0.717, 1.165) is 37.3 Å². The van der Waals surface area contributed by atoms with Crippen LogP contribution in [0.3, 0.4) is 0 Å². The SMILES string of the molecule is CCc1sc2ncn(CC(=O)Nc3sc(-c4ccccc4)cc3C(N)=O)c(=O)c2c1-c1ccc(Br)cc1. The molecule has 0 saturated carbocycles. The predicted octanol–water partition coefficient (Wildman–Crippen LogP) is 5.92. The number of hydrogen-bond donors (Lipinski definition) is 2. The molecule has 0 aliphatic rings. The molecule has 0 aliphatic carbocycles. The molecular weight excluding hydrogens is 572 g/mol. The Morgan fingerprint density at radius 1 is 1.05 bits per heavy atom. The van der Waals surface area contributed by atoms with E-state index in [0.29, 0.717) is 15.2 Å². The van der Waals surface area contributed by atoms with Crippen LogP contribution >= 0.6 is 38.6 Å². The van der Waals surface area contributed by atoms with Gasteiger partial charge in [-0.1, -0.05) is 65.3 Å². The quantitative estimate of drug-likeness (QED) is 0.245. The molecule has 37 heavy (non-hydrogen) atoms. The van der Waals surface area contributed by atoms with Crippen molar-refractivity contribution in [3.63, 3.8) is 0 Å². The van der Waals surface area contributed by atoms with Crippen molar-refractivity contribution in [3.8, 4) is 21.6 Å². The number of fused-ring (bicyclic) bond motifs is 1. The molecule has 0 radical (unpaired) electrons. The molecule has 5 rings (SSSR count). The lowest BCUT2D eigenvalue weighted by atomic mass is 10.0. The number of nitrogens with zero attached hydrogens (tertiary/aromatic N) is 2. The Labute approximate surface area is 228 Å². The van der Waals surface area contributed by atoms with E-state index in [2.05, 4.69) is 26.2 Å². The average molecular weight is 594 g/mol. The highest BCUT2D eigenvalue weighted by Gasteiger charge is 2.21. The number of carbonyl (C=O) groups excluding carboxylic acids is 2. The third-order valence-electron chi connectivity index (χ3n) is 5.83. The summed E-state index contributed by atoms with van der Waals surface area (Å²) in [5.41, 5.74) is 8.18. The Bertz CT molecular complexity index is 1690. The van der Waals surface area contributed by atoms with Crippen LogP contribution in [-0.4, -0.2) is 21.4 Å². The molecule has 10 heteroatoms. The number of amides is 2. The van der Waals surface area contributed by atoms with Gasteiger partial charge in [-0.15, -0.1) is 22.7 Å². The molecular formula is C27H21BrN4O3S2. The maximum Gasteiger partial charge on any atom is 0.263 e. The molecule has 0 spiro atoms. The van der Waals surface area contributed by atoms with Gasteiger partial charge >= 0.3 is 0 Å². The largest absolute Gasteiger partial charge is 0.366 e. The molecule has 3 N–H and O–H groups in total. The second kappa shape index (κ2) is 10.4. The zero-order valence-electron chi connectivity index (χ0n) is 19.7. The summed E-state index contributed by atoms with van der Waals surface area (Å²) < 4.78 is 2.24. The molecule has 0 saturated heterocycles. The number of nitrogens with one attached hydrogen (secondary N) is 1. The third kappa shape index (κ3) is 5.00. The van der Waals surface area contributed by atoms with Crippen LogP contribution < -0.4 is 16.6 Å². The predicted molar refractivity (Wildman–Crippen MR) is 153 cm³/mol. The van der Waals surface area contributed by atoms with Crippen molar-refractivity contribution in [3.05, 3.63) is 92.3 Å². The number of hydrogen-bond acceptors (Lipinski definition) is 6. The fourth-order valence-electron chi connectivity index (χ4n) is 4.09. The number of halogens is 1. The van der Waals surface area contributed by atoms with Crippen LogP contribution in [0.15, 0.2) is 76.3 Å². The van der Waals surface area contributed by atoms with Crippen molar-refractivity contribution < 1.29 is 9.59 Å². The normalized spacial score (nSPS) is 11.1. The minimum absolute atomic E-state index is 0.223. The fraction of sp³-hybridized carbons (Fsp3) is 0.111. The zero-order valence-corrected chi connectivity index (χ0v) is 22.9. The summed E-state index contributed by atoms with van der Waals surface area (Å²) in [6.07, 6.45) is 2.15. The number of thiophene rings is 2. The number of anilines is 1. The average Bonchev–Trinajstić information content (AvgIpc) is 3.49. The lowest BCUT2D eigenvalue weighted by molar-refractivity contribution is -0.116. The summed E-state index contributed by atoms with van der Waals surface area (Å²) in [6.45, 7) is 1.79. The molecule has 0 aliphatic heterocycles. The summed E-state index contributed by atoms with van der Waals surface area (Å²) in [6, 6.07) is 19.0. The summed E-state index contributed by atoms with van der Waals surface area (Å²) in [5, 5.41) is 3.61. The van der Waals surface area contributed by atoms with Crippen molar-refractivity contribution in [2.75, 3.05) is 5.32 Å². The van der Waals surface area contributed by atoms with Gasteiger partial charge in [-0.05, 0) is 35.7 Å². The van der Waals surface area contributed by atoms with E-state index in [1.54, 1.807) is 6.07 Å². The van der Waals surface area contributed by atoms with Gasteiger partial charge in [0.2, 0.25) is 5.91 Å². The highest BCUT2D eigenvalue weighted by molar-refractivity contribution is 9.10. The van der Waals surface area contributed by atoms with E-state index in [9.17, 15) is 14.4 Å². The molecule has 3 heterocycles. The van der Waals surface area contributed by atoms with Gasteiger partial charge in [-0.3, -0.25) is 19.0 Å². The standard InChI is InChI=1S/C27H21BrN4O3S2/c1-2-19-22(16-8-10-17(28)11-9-16)23-26(36-19)30-14-32(27(23)35)13-21(33)31-25-18(24(29)34)12-20(37-25)15-6-4-3-5-7-15/h3-12,14H,2,13H2,1H3,(H2,29,34)(H,31,33). The Morgan fingerprint density at radius 3 is 2.46 bits per heavy atom. The highest BCUT2D eigenvalue weighted by atomic mass is 79.9. The van der Waals surface area contributed by atoms with Gasteiger partial charge < -0.3 is 11.1 Å². The van der Waals surface area contributed by atoms with E-state index in [1.807, 2.05) is 61.5 Å². The molecule has 5 aromatic rings. The molecule has 0 unspecified atom stereocenters. The van der Waals surface area contributed by atoms with Gasteiger partial charge in [0.1, 0.15) is 16.4 Å². The maximum absolute atomic E-state index is 13.5. The number of aromatic nitrogens is 2. The number of benzene rings is 2. The van der Waals surface area contributed by atoms with Crippen LogP contribution in [0.2, 0.25) is 0 Å². The summed E-state index contributed by atoms with van der Waals surface area (Å²) in [5.74, 6) is -1.10. The molecule has 2 aromatic carbocycles. The van der Waals surface area contributed by atoms with Crippen molar-refractivity contribution in [2.24, 2.45) is 5.73 Å². The van der Waals surface area contributed by atoms with E-state index in [-0.39, 0.29) is 17.7 Å². The van der Waals surface area contributed by atoms with Crippen molar-refractivity contribution in [1.82, 2.24) is 9.55 Å². The molecule has 0 atom stereocenters. The number of rotatable bonds is 7. The first kappa shape index (κ1) is 25.1. The Kier molecular flexibility index (Phi) is 7.05. The van der Waals surface area contributed by atoms with Crippen LogP contribution in [0.1, 0.15) is 22.2 Å². The van der Waals surface area contributed by atoms with Crippen molar-refractivity contribution in [2.45, 2.75) is 19.9 Å². The Balaban J connectivity index is 1.48. The van der Waals surface area contributed by atoms with Gasteiger partial charge in [0.05, 0.1) is 17.3 Å². The molecule has 0 bridgehead atoms. The van der Waals surface area contributed by atoms with Crippen LogP contribution in [0.25, 0.3) is 31.8 Å². The van der Waals surface area contributed by atoms with Crippen molar-refractivity contribution in [1.29, 1.82) is 0 Å². The second-order valence-corrected chi connectivity index (χ2v) is 11.3. The first-order chi connectivity index (χ1) is 17.9. The smallest absolute Gasteiger partial charge is 0.263 e. The number of aryl methyl sites for hydroxylation is 1. The summed E-state index contributed by atoms with van der Waals surface area (Å²) in [7, 11) is 0. The lowest BCUT2D eigenvalue weighted by Gasteiger charge is -2.08. The van der Waals surface area contributed by atoms with Crippen LogP contribution in [-0.2, 0) is 17.8 Å². The molecule has 3 aromatic heterocycles. The fourth-order valence-corrected chi connectivity index (χ4v) is 6.53. The van der Waals surface area contributed by atoms with E-state index >= 15 is 0 Å². The number of primary amides is 1. The van der Waals surface area contributed by atoms with Gasteiger partial charge in [0.25, 0.3) is 11.5 Å². The first-order valence-electron chi connectivity index (χ1n) is 11.4. The van der Waals surface area contributed by atoms with E-state index in [1.165, 1.54) is 33.6 Å². The van der Waals surface area contributed by atoms with Crippen LogP contribution in [0, 0.1) is 0 Å². The van der Waals surface area contributed by atoms with Crippen molar-refractivity contribution >= 4 is 65.6 Å². The monoisotopic (exact) mass is 592 g/mol. The van der Waals surface area contributed by atoms with E-state index < -0.39 is 11.8 Å². The van der Waals surface area contributed by atoms with Crippen LogP contribution in [0.5, 0.6) is 0 Å². The van der Waals surface area contributed by atoms with E-state index in [4.69, 9.17) is 5.73 Å². The van der Waals surface area contributed by atoms with Gasteiger partial charge in [0.15, 0.2) is 0 Å². The lowest BCUT2D eigenvalue weighted by Crippen LogP contribution is -2.28. The molecule has 186 valence electrons. The second-order valence-electron chi connectivity index (χ2n) is 8.25. The Morgan fingerprint density at radius 2 is 1.78 bits per heavy atom. The summed E-state index contributed by atoms with van der Waals surface area (Å²) >= 11 is 6.20. The number of nitrogens with two attached hydrogens (primary N) is 1. The minimum atomic E-state index is -0.640. The number of carbonyl (C=O) groups is 2. The van der Waals surface area contributed by atoms with Gasteiger partial charge in [0, 0.05) is 19.8 Å². The summed E-state index contributed by atoms with van der Waals surface area (Å²) in [4.78, 5) is 45.6. The third-order valence-corrected chi connectivity index (χ3v) is 8.70. The zero-order chi connectivity index (χ0) is 26.1. The molecule has 7 nitrogen and oxygen atoms in total. The molecule has 2 amide bonds. The van der Waals surface area contributed by atoms with Gasteiger partial charge in [-0.2, -0.15) is 0 Å². The Hall–Kier alpha value is -3.60.